The van der Waals surface area contributed by atoms with Crippen molar-refractivity contribution in [2.75, 3.05) is 27.3 Å². The molecule has 0 radical (unpaired) electrons. The lowest BCUT2D eigenvalue weighted by Crippen LogP contribution is -2.28. The highest BCUT2D eigenvalue weighted by atomic mass is 32.2. The molecule has 3 rings (SSSR count). The van der Waals surface area contributed by atoms with Crippen LogP contribution in [0.5, 0.6) is 0 Å². The Labute approximate surface area is 176 Å². The van der Waals surface area contributed by atoms with E-state index < -0.39 is 10.0 Å². The molecule has 0 spiro atoms. The monoisotopic (exact) mass is 428 g/mol. The van der Waals surface area contributed by atoms with Gasteiger partial charge in [0.25, 0.3) is 5.91 Å². The van der Waals surface area contributed by atoms with Gasteiger partial charge < -0.3 is 9.64 Å². The number of aromatic nitrogens is 2. The third kappa shape index (κ3) is 4.99. The molecule has 0 unspecified atom stereocenters. The summed E-state index contributed by atoms with van der Waals surface area (Å²) in [6.07, 6.45) is 0. The largest absolute Gasteiger partial charge is 0.383 e. The first-order valence-electron chi connectivity index (χ1n) is 9.38. The van der Waals surface area contributed by atoms with Crippen LogP contribution in [0.4, 0.5) is 0 Å². The van der Waals surface area contributed by atoms with E-state index in [1.54, 1.807) is 7.05 Å². The maximum Gasteiger partial charge on any atom is 0.254 e. The normalized spacial score (nSPS) is 11.6. The Balaban J connectivity index is 1.72. The number of nitrogens with one attached hydrogen (secondary N) is 1. The van der Waals surface area contributed by atoms with Crippen LogP contribution in [-0.4, -0.2) is 56.5 Å². The highest BCUT2D eigenvalue weighted by Crippen LogP contribution is 2.16. The van der Waals surface area contributed by atoms with Crippen molar-refractivity contribution in [1.29, 1.82) is 0 Å². The smallest absolute Gasteiger partial charge is 0.254 e. The van der Waals surface area contributed by atoms with Gasteiger partial charge in [0, 0.05) is 37.3 Å². The molecule has 0 aliphatic carbocycles. The first kappa shape index (κ1) is 21.8. The summed E-state index contributed by atoms with van der Waals surface area (Å²) in [6.45, 7) is 2.60. The quantitative estimate of drug-likeness (QED) is 0.552. The molecule has 0 aliphatic heterocycles. The standard InChI is InChI=1S/C21H24N4O4S/c1-15-18-6-4-5-7-19(18)24-20(23-15)14-25(2)21(26)16-8-10-17(11-9-16)30(27,28)22-12-13-29-3/h4-11,22H,12-14H2,1-3H3. The molecule has 1 N–H and O–H groups in total. The number of rotatable bonds is 8. The summed E-state index contributed by atoms with van der Waals surface area (Å²) in [6, 6.07) is 13.5. The summed E-state index contributed by atoms with van der Waals surface area (Å²) in [7, 11) is -0.489. The molecule has 0 saturated carbocycles. The van der Waals surface area contributed by atoms with Crippen LogP contribution >= 0.6 is 0 Å². The summed E-state index contributed by atoms with van der Waals surface area (Å²) in [4.78, 5) is 23.4. The number of hydrogen-bond donors (Lipinski definition) is 1. The maximum atomic E-state index is 12.8. The molecule has 0 saturated heterocycles. The van der Waals surface area contributed by atoms with E-state index >= 15 is 0 Å². The molecule has 2 aromatic carbocycles. The number of carbonyl (C=O) groups is 1. The van der Waals surface area contributed by atoms with Gasteiger partial charge in [-0.1, -0.05) is 18.2 Å². The van der Waals surface area contributed by atoms with Crippen LogP contribution < -0.4 is 4.72 Å². The van der Waals surface area contributed by atoms with Gasteiger partial charge >= 0.3 is 0 Å². The Morgan fingerprint density at radius 2 is 1.80 bits per heavy atom. The Hall–Kier alpha value is -2.88. The zero-order valence-electron chi connectivity index (χ0n) is 17.1. The van der Waals surface area contributed by atoms with Gasteiger partial charge in [-0.15, -0.1) is 0 Å². The van der Waals surface area contributed by atoms with Crippen molar-refractivity contribution >= 4 is 26.8 Å². The SMILES string of the molecule is COCCNS(=O)(=O)c1ccc(C(=O)N(C)Cc2nc(C)c3ccccc3n2)cc1. The number of fused-ring (bicyclic) bond motifs is 1. The van der Waals surface area contributed by atoms with Crippen LogP contribution in [0.3, 0.4) is 0 Å². The molecule has 8 nitrogen and oxygen atoms in total. The van der Waals surface area contributed by atoms with E-state index in [1.807, 2.05) is 31.2 Å². The Morgan fingerprint density at radius 1 is 1.10 bits per heavy atom. The van der Waals surface area contributed by atoms with Gasteiger partial charge in [-0.25, -0.2) is 23.1 Å². The number of hydrogen-bond acceptors (Lipinski definition) is 6. The third-order valence-corrected chi connectivity index (χ3v) is 6.05. The van der Waals surface area contributed by atoms with Crippen molar-refractivity contribution in [3.63, 3.8) is 0 Å². The van der Waals surface area contributed by atoms with Gasteiger partial charge in [-0.2, -0.15) is 0 Å². The van der Waals surface area contributed by atoms with Crippen LogP contribution in [0.2, 0.25) is 0 Å². The summed E-state index contributed by atoms with van der Waals surface area (Å²) < 4.78 is 31.7. The second-order valence-corrected chi connectivity index (χ2v) is 8.59. The van der Waals surface area contributed by atoms with Crippen molar-refractivity contribution in [2.45, 2.75) is 18.4 Å². The van der Waals surface area contributed by atoms with Crippen LogP contribution in [0, 0.1) is 6.92 Å². The molecular weight excluding hydrogens is 404 g/mol. The number of carbonyl (C=O) groups excluding carboxylic acids is 1. The fraction of sp³-hybridized carbons (Fsp3) is 0.286. The number of nitrogens with zero attached hydrogens (tertiary/aromatic N) is 3. The number of sulfonamides is 1. The molecule has 158 valence electrons. The fourth-order valence-electron chi connectivity index (χ4n) is 3.01. The molecule has 3 aromatic rings. The van der Waals surface area contributed by atoms with E-state index in [1.165, 1.54) is 36.3 Å². The number of methoxy groups -OCH3 is 1. The average molecular weight is 429 g/mol. The number of para-hydroxylation sites is 1. The maximum absolute atomic E-state index is 12.8. The third-order valence-electron chi connectivity index (χ3n) is 4.58. The number of aryl methyl sites for hydroxylation is 1. The minimum Gasteiger partial charge on any atom is -0.383 e. The minimum absolute atomic E-state index is 0.0892. The molecule has 0 atom stereocenters. The van der Waals surface area contributed by atoms with Gasteiger partial charge in [-0.05, 0) is 37.3 Å². The minimum atomic E-state index is -3.64. The molecule has 1 amide bonds. The van der Waals surface area contributed by atoms with Crippen LogP contribution in [0.15, 0.2) is 53.4 Å². The summed E-state index contributed by atoms with van der Waals surface area (Å²) in [5.41, 5.74) is 2.06. The predicted octanol–water partition coefficient (Wildman–Crippen LogP) is 2.14. The van der Waals surface area contributed by atoms with E-state index in [2.05, 4.69) is 14.7 Å². The molecular formula is C21H24N4O4S. The molecule has 9 heteroatoms. The van der Waals surface area contributed by atoms with Gasteiger partial charge in [-0.3, -0.25) is 4.79 Å². The molecule has 0 fully saturated rings. The van der Waals surface area contributed by atoms with Gasteiger partial charge in [0.15, 0.2) is 0 Å². The lowest BCUT2D eigenvalue weighted by Gasteiger charge is -2.17. The van der Waals surface area contributed by atoms with E-state index in [9.17, 15) is 13.2 Å². The van der Waals surface area contributed by atoms with Crippen molar-refractivity contribution in [2.24, 2.45) is 0 Å². The molecule has 1 aromatic heterocycles. The molecule has 30 heavy (non-hydrogen) atoms. The Morgan fingerprint density at radius 3 is 2.50 bits per heavy atom. The molecule has 0 bridgehead atoms. The summed E-state index contributed by atoms with van der Waals surface area (Å²) in [5, 5.41) is 0.978. The first-order valence-corrected chi connectivity index (χ1v) is 10.9. The van der Waals surface area contributed by atoms with Gasteiger partial charge in [0.05, 0.1) is 23.6 Å². The predicted molar refractivity (Wildman–Crippen MR) is 114 cm³/mol. The number of benzene rings is 2. The van der Waals surface area contributed by atoms with E-state index in [-0.39, 0.29) is 30.5 Å². The first-order chi connectivity index (χ1) is 14.3. The highest BCUT2D eigenvalue weighted by Gasteiger charge is 2.17. The highest BCUT2D eigenvalue weighted by molar-refractivity contribution is 7.89. The average Bonchev–Trinajstić information content (AvgIpc) is 2.73. The summed E-state index contributed by atoms with van der Waals surface area (Å²) in [5.74, 6) is 0.296. The second kappa shape index (κ2) is 9.29. The van der Waals surface area contributed by atoms with Crippen LogP contribution in [0.1, 0.15) is 21.9 Å². The van der Waals surface area contributed by atoms with Crippen molar-refractivity contribution in [1.82, 2.24) is 19.6 Å². The lowest BCUT2D eigenvalue weighted by molar-refractivity contribution is 0.0781. The topological polar surface area (TPSA) is 101 Å². The zero-order valence-corrected chi connectivity index (χ0v) is 17.9. The van der Waals surface area contributed by atoms with E-state index in [0.717, 1.165) is 16.6 Å². The van der Waals surface area contributed by atoms with E-state index in [4.69, 9.17) is 4.74 Å². The number of amides is 1. The van der Waals surface area contributed by atoms with E-state index in [0.29, 0.717) is 11.4 Å². The van der Waals surface area contributed by atoms with Crippen LogP contribution in [0.25, 0.3) is 10.9 Å². The molecule has 1 heterocycles. The number of ether oxygens (including phenoxy) is 1. The van der Waals surface area contributed by atoms with Crippen molar-refractivity contribution < 1.29 is 17.9 Å². The Bertz CT molecular complexity index is 1150. The molecule has 0 aliphatic rings. The van der Waals surface area contributed by atoms with Gasteiger partial charge in [0.1, 0.15) is 5.82 Å². The van der Waals surface area contributed by atoms with Crippen molar-refractivity contribution in [3.8, 4) is 0 Å². The Kier molecular flexibility index (Phi) is 6.76. The zero-order chi connectivity index (χ0) is 21.7. The van der Waals surface area contributed by atoms with Gasteiger partial charge in [0.2, 0.25) is 10.0 Å². The van der Waals surface area contributed by atoms with Crippen LogP contribution in [-0.2, 0) is 21.3 Å². The summed E-state index contributed by atoms with van der Waals surface area (Å²) >= 11 is 0. The lowest BCUT2D eigenvalue weighted by atomic mass is 10.2. The van der Waals surface area contributed by atoms with Crippen molar-refractivity contribution in [3.05, 3.63) is 65.6 Å². The fourth-order valence-corrected chi connectivity index (χ4v) is 4.02. The second-order valence-electron chi connectivity index (χ2n) is 6.82.